The van der Waals surface area contributed by atoms with Crippen LogP contribution in [0.1, 0.15) is 25.5 Å². The molecule has 1 amide bonds. The van der Waals surface area contributed by atoms with E-state index in [9.17, 15) is 9.59 Å². The SMILES string of the molecule is CCOC(=O)CCC(=O)NCc1nccnc1-c1ccco1. The van der Waals surface area contributed by atoms with Crippen molar-refractivity contribution in [2.45, 2.75) is 26.3 Å². The minimum Gasteiger partial charge on any atom is -0.466 e. The van der Waals surface area contributed by atoms with Gasteiger partial charge in [0.2, 0.25) is 5.91 Å². The Bertz CT molecular complexity index is 625. The molecule has 7 nitrogen and oxygen atoms in total. The Labute approximate surface area is 127 Å². The summed E-state index contributed by atoms with van der Waals surface area (Å²) in [6.07, 6.45) is 4.79. The van der Waals surface area contributed by atoms with Crippen molar-refractivity contribution in [2.75, 3.05) is 6.61 Å². The van der Waals surface area contributed by atoms with E-state index in [4.69, 9.17) is 9.15 Å². The molecule has 0 aliphatic rings. The quantitative estimate of drug-likeness (QED) is 0.782. The molecule has 2 aromatic heterocycles. The summed E-state index contributed by atoms with van der Waals surface area (Å²) < 4.78 is 10.1. The largest absolute Gasteiger partial charge is 0.466 e. The molecule has 7 heteroatoms. The molecule has 0 atom stereocenters. The van der Waals surface area contributed by atoms with Crippen LogP contribution in [0.25, 0.3) is 11.5 Å². The first-order valence-electron chi connectivity index (χ1n) is 6.96. The first-order valence-corrected chi connectivity index (χ1v) is 6.96. The maximum absolute atomic E-state index is 11.7. The highest BCUT2D eigenvalue weighted by Crippen LogP contribution is 2.19. The van der Waals surface area contributed by atoms with Gasteiger partial charge in [-0.3, -0.25) is 14.6 Å². The second-order valence-corrected chi connectivity index (χ2v) is 4.41. The van der Waals surface area contributed by atoms with E-state index in [2.05, 4.69) is 15.3 Å². The van der Waals surface area contributed by atoms with E-state index in [0.29, 0.717) is 23.8 Å². The minimum atomic E-state index is -0.381. The molecule has 0 aromatic carbocycles. The van der Waals surface area contributed by atoms with Crippen LogP contribution in [0.3, 0.4) is 0 Å². The summed E-state index contributed by atoms with van der Waals surface area (Å²) in [6, 6.07) is 3.53. The van der Waals surface area contributed by atoms with Crippen LogP contribution in [0.15, 0.2) is 35.2 Å². The zero-order chi connectivity index (χ0) is 15.8. The van der Waals surface area contributed by atoms with Gasteiger partial charge in [0, 0.05) is 18.8 Å². The molecular weight excluding hydrogens is 286 g/mol. The lowest BCUT2D eigenvalue weighted by molar-refractivity contribution is -0.144. The van der Waals surface area contributed by atoms with Gasteiger partial charge in [-0.15, -0.1) is 0 Å². The number of nitrogens with one attached hydrogen (secondary N) is 1. The van der Waals surface area contributed by atoms with Crippen LogP contribution in [0, 0.1) is 0 Å². The summed E-state index contributed by atoms with van der Waals surface area (Å²) in [5.74, 6) is -0.0404. The molecule has 0 saturated heterocycles. The standard InChI is InChI=1S/C15H17N3O4/c1-2-21-14(20)6-5-13(19)18-10-11-15(17-8-7-16-11)12-4-3-9-22-12/h3-4,7-9H,2,5-6,10H2,1H3,(H,18,19). The van der Waals surface area contributed by atoms with E-state index >= 15 is 0 Å². The molecule has 2 rings (SSSR count). The summed E-state index contributed by atoms with van der Waals surface area (Å²) in [7, 11) is 0. The zero-order valence-corrected chi connectivity index (χ0v) is 12.2. The van der Waals surface area contributed by atoms with E-state index in [0.717, 1.165) is 0 Å². The van der Waals surface area contributed by atoms with Crippen molar-refractivity contribution < 1.29 is 18.7 Å². The van der Waals surface area contributed by atoms with E-state index in [1.165, 1.54) is 0 Å². The van der Waals surface area contributed by atoms with Crippen LogP contribution in [-0.2, 0) is 20.9 Å². The number of aromatic nitrogens is 2. The van der Waals surface area contributed by atoms with Gasteiger partial charge in [0.05, 0.1) is 31.5 Å². The molecule has 2 heterocycles. The maximum atomic E-state index is 11.7. The van der Waals surface area contributed by atoms with E-state index in [1.807, 2.05) is 0 Å². The Morgan fingerprint density at radius 1 is 1.27 bits per heavy atom. The number of carbonyl (C=O) groups excluding carboxylic acids is 2. The number of ether oxygens (including phenoxy) is 1. The van der Waals surface area contributed by atoms with Crippen LogP contribution in [0.5, 0.6) is 0 Å². The van der Waals surface area contributed by atoms with Gasteiger partial charge < -0.3 is 14.5 Å². The molecule has 0 radical (unpaired) electrons. The zero-order valence-electron chi connectivity index (χ0n) is 12.2. The molecule has 0 aliphatic carbocycles. The second-order valence-electron chi connectivity index (χ2n) is 4.41. The number of nitrogens with zero attached hydrogens (tertiary/aromatic N) is 2. The van der Waals surface area contributed by atoms with Crippen molar-refractivity contribution in [3.8, 4) is 11.5 Å². The fourth-order valence-electron chi connectivity index (χ4n) is 1.83. The number of hydrogen-bond acceptors (Lipinski definition) is 6. The van der Waals surface area contributed by atoms with Crippen LogP contribution in [-0.4, -0.2) is 28.5 Å². The predicted octanol–water partition coefficient (Wildman–Crippen LogP) is 1.70. The molecule has 22 heavy (non-hydrogen) atoms. The number of rotatable bonds is 7. The van der Waals surface area contributed by atoms with Gasteiger partial charge in [-0.05, 0) is 19.1 Å². The fourth-order valence-corrected chi connectivity index (χ4v) is 1.83. The minimum absolute atomic E-state index is 0.0607. The Balaban J connectivity index is 1.89. The van der Waals surface area contributed by atoms with Gasteiger partial charge in [0.1, 0.15) is 5.69 Å². The molecular formula is C15H17N3O4. The van der Waals surface area contributed by atoms with Crippen LogP contribution < -0.4 is 5.32 Å². The molecule has 0 saturated carbocycles. The van der Waals surface area contributed by atoms with Crippen molar-refractivity contribution in [1.29, 1.82) is 0 Å². The topological polar surface area (TPSA) is 94.3 Å². The van der Waals surface area contributed by atoms with Crippen LogP contribution in [0.4, 0.5) is 0 Å². The lowest BCUT2D eigenvalue weighted by Gasteiger charge is -2.07. The number of esters is 1. The van der Waals surface area contributed by atoms with Crippen molar-refractivity contribution in [1.82, 2.24) is 15.3 Å². The monoisotopic (exact) mass is 303 g/mol. The molecule has 1 N–H and O–H groups in total. The summed E-state index contributed by atoms with van der Waals surface area (Å²) in [4.78, 5) is 31.3. The number of carbonyl (C=O) groups is 2. The van der Waals surface area contributed by atoms with Crippen molar-refractivity contribution >= 4 is 11.9 Å². The third kappa shape index (κ3) is 4.41. The van der Waals surface area contributed by atoms with E-state index in [1.54, 1.807) is 37.7 Å². The number of hydrogen-bond donors (Lipinski definition) is 1. The first-order chi connectivity index (χ1) is 10.7. The first kappa shape index (κ1) is 15.7. The van der Waals surface area contributed by atoms with E-state index in [-0.39, 0.29) is 31.3 Å². The molecule has 0 unspecified atom stereocenters. The third-order valence-corrected chi connectivity index (χ3v) is 2.84. The summed E-state index contributed by atoms with van der Waals surface area (Å²) >= 11 is 0. The summed E-state index contributed by atoms with van der Waals surface area (Å²) in [5, 5.41) is 2.71. The molecule has 2 aromatic rings. The van der Waals surface area contributed by atoms with Crippen molar-refractivity contribution in [3.05, 3.63) is 36.5 Å². The lowest BCUT2D eigenvalue weighted by Crippen LogP contribution is -2.24. The molecule has 116 valence electrons. The Kier molecular flexibility index (Phi) is 5.65. The Hall–Kier alpha value is -2.70. The average molecular weight is 303 g/mol. The van der Waals surface area contributed by atoms with Gasteiger partial charge >= 0.3 is 5.97 Å². The highest BCUT2D eigenvalue weighted by molar-refractivity contribution is 5.81. The Morgan fingerprint density at radius 3 is 2.82 bits per heavy atom. The number of amides is 1. The smallest absolute Gasteiger partial charge is 0.306 e. The Morgan fingerprint density at radius 2 is 2.09 bits per heavy atom. The highest BCUT2D eigenvalue weighted by atomic mass is 16.5. The maximum Gasteiger partial charge on any atom is 0.306 e. The lowest BCUT2D eigenvalue weighted by atomic mass is 10.2. The van der Waals surface area contributed by atoms with Crippen molar-refractivity contribution in [2.24, 2.45) is 0 Å². The van der Waals surface area contributed by atoms with E-state index < -0.39 is 0 Å². The van der Waals surface area contributed by atoms with Gasteiger partial charge in [-0.1, -0.05) is 0 Å². The fraction of sp³-hybridized carbons (Fsp3) is 0.333. The van der Waals surface area contributed by atoms with Crippen molar-refractivity contribution in [3.63, 3.8) is 0 Å². The van der Waals surface area contributed by atoms with Gasteiger partial charge in [0.25, 0.3) is 0 Å². The summed E-state index contributed by atoms with van der Waals surface area (Å²) in [5.41, 5.74) is 1.18. The predicted molar refractivity (Wildman–Crippen MR) is 77.4 cm³/mol. The van der Waals surface area contributed by atoms with Gasteiger partial charge in [-0.25, -0.2) is 4.98 Å². The molecule has 0 aliphatic heterocycles. The number of furan rings is 1. The molecule has 0 bridgehead atoms. The van der Waals surface area contributed by atoms with Crippen LogP contribution in [0.2, 0.25) is 0 Å². The molecule has 0 fully saturated rings. The van der Waals surface area contributed by atoms with Crippen LogP contribution >= 0.6 is 0 Å². The average Bonchev–Trinajstić information content (AvgIpc) is 3.06. The second kappa shape index (κ2) is 7.92. The molecule has 0 spiro atoms. The normalized spacial score (nSPS) is 10.2. The van der Waals surface area contributed by atoms with Gasteiger partial charge in [0.15, 0.2) is 5.76 Å². The summed E-state index contributed by atoms with van der Waals surface area (Å²) in [6.45, 7) is 2.25. The highest BCUT2D eigenvalue weighted by Gasteiger charge is 2.12. The third-order valence-electron chi connectivity index (χ3n) is 2.84. The van der Waals surface area contributed by atoms with Gasteiger partial charge in [-0.2, -0.15) is 0 Å².